The van der Waals surface area contributed by atoms with Gasteiger partial charge in [-0.15, -0.1) is 5.10 Å². The van der Waals surface area contributed by atoms with Gasteiger partial charge in [-0.3, -0.25) is 0 Å². The Bertz CT molecular complexity index is 1190. The number of hydrogen-bond donors (Lipinski definition) is 2. The van der Waals surface area contributed by atoms with Crippen molar-refractivity contribution >= 4 is 5.69 Å². The van der Waals surface area contributed by atoms with Crippen LogP contribution in [0, 0.1) is 6.92 Å². The van der Waals surface area contributed by atoms with Crippen LogP contribution >= 0.6 is 0 Å². The number of rotatable bonds is 12. The van der Waals surface area contributed by atoms with Crippen molar-refractivity contribution < 1.29 is 14.6 Å². The molecule has 0 aliphatic heterocycles. The van der Waals surface area contributed by atoms with E-state index >= 15 is 0 Å². The van der Waals surface area contributed by atoms with E-state index in [1.165, 1.54) is 0 Å². The highest BCUT2D eigenvalue weighted by atomic mass is 16.5. The molecule has 1 aromatic heterocycles. The van der Waals surface area contributed by atoms with Crippen LogP contribution in [0.15, 0.2) is 78.9 Å². The minimum atomic E-state index is -0.476. The van der Waals surface area contributed by atoms with Gasteiger partial charge in [-0.25, -0.2) is 4.68 Å². The predicted octanol–water partition coefficient (Wildman–Crippen LogP) is 4.67. The average molecular weight is 473 g/mol. The zero-order valence-corrected chi connectivity index (χ0v) is 20.2. The van der Waals surface area contributed by atoms with Crippen molar-refractivity contribution in [2.75, 3.05) is 31.7 Å². The van der Waals surface area contributed by atoms with Gasteiger partial charge >= 0.3 is 6.01 Å². The van der Waals surface area contributed by atoms with Crippen LogP contribution in [0.1, 0.15) is 18.1 Å². The molecule has 3 aromatic carbocycles. The Hall–Kier alpha value is -3.68. The molecule has 1 heterocycles. The molecule has 4 aromatic rings. The molecule has 182 valence electrons. The van der Waals surface area contributed by atoms with Crippen LogP contribution in [0.5, 0.6) is 6.01 Å². The molecule has 35 heavy (non-hydrogen) atoms. The molecular formula is C28H32N4O3. The molecule has 1 atom stereocenters. The van der Waals surface area contributed by atoms with E-state index in [0.717, 1.165) is 28.1 Å². The van der Waals surface area contributed by atoms with Gasteiger partial charge < -0.3 is 19.9 Å². The van der Waals surface area contributed by atoms with Gasteiger partial charge in [-0.05, 0) is 49.2 Å². The van der Waals surface area contributed by atoms with Gasteiger partial charge in [0, 0.05) is 30.8 Å². The molecule has 0 spiro atoms. The van der Waals surface area contributed by atoms with Gasteiger partial charge in [0.1, 0.15) is 6.61 Å². The number of anilines is 1. The summed E-state index contributed by atoms with van der Waals surface area (Å²) in [5.74, 6) is 0.716. The minimum Gasteiger partial charge on any atom is -0.460 e. The summed E-state index contributed by atoms with van der Waals surface area (Å²) in [4.78, 5) is 4.66. The topological polar surface area (TPSA) is 81.4 Å². The van der Waals surface area contributed by atoms with E-state index in [9.17, 15) is 5.11 Å². The van der Waals surface area contributed by atoms with Crippen LogP contribution in [0.2, 0.25) is 0 Å². The van der Waals surface area contributed by atoms with E-state index < -0.39 is 6.10 Å². The number of aliphatic hydroxyl groups is 1. The molecule has 0 aliphatic carbocycles. The summed E-state index contributed by atoms with van der Waals surface area (Å²) < 4.78 is 12.9. The first kappa shape index (κ1) is 24.4. The van der Waals surface area contributed by atoms with Crippen molar-refractivity contribution in [2.45, 2.75) is 26.4 Å². The molecular weight excluding hydrogens is 440 g/mol. The van der Waals surface area contributed by atoms with E-state index in [4.69, 9.17) is 9.47 Å². The van der Waals surface area contributed by atoms with E-state index in [0.29, 0.717) is 44.6 Å². The van der Waals surface area contributed by atoms with Crippen molar-refractivity contribution in [3.8, 4) is 23.1 Å². The number of hydrogen-bond acceptors (Lipinski definition) is 6. The van der Waals surface area contributed by atoms with Crippen LogP contribution in [-0.2, 0) is 11.2 Å². The normalized spacial score (nSPS) is 11.9. The summed E-state index contributed by atoms with van der Waals surface area (Å²) in [6.07, 6.45) is 0.132. The largest absolute Gasteiger partial charge is 0.460 e. The van der Waals surface area contributed by atoms with Gasteiger partial charge in [-0.1, -0.05) is 54.6 Å². The monoisotopic (exact) mass is 472 g/mol. The van der Waals surface area contributed by atoms with Crippen LogP contribution in [-0.4, -0.2) is 52.3 Å². The molecule has 0 fully saturated rings. The third-order valence-corrected chi connectivity index (χ3v) is 5.60. The second kappa shape index (κ2) is 12.1. The third-order valence-electron chi connectivity index (χ3n) is 5.60. The second-order valence-corrected chi connectivity index (χ2v) is 8.26. The summed E-state index contributed by atoms with van der Waals surface area (Å²) in [5.41, 5.74) is 5.00. The number of aryl methyl sites for hydroxylation is 1. The lowest BCUT2D eigenvalue weighted by Gasteiger charge is -2.14. The van der Waals surface area contributed by atoms with E-state index in [1.807, 2.05) is 79.7 Å². The Balaban J connectivity index is 1.48. The maximum Gasteiger partial charge on any atom is 0.336 e. The molecule has 0 bridgehead atoms. The summed E-state index contributed by atoms with van der Waals surface area (Å²) >= 11 is 0. The van der Waals surface area contributed by atoms with Gasteiger partial charge in [0.15, 0.2) is 5.82 Å². The fraction of sp³-hybridized carbons (Fsp3) is 0.286. The van der Waals surface area contributed by atoms with Gasteiger partial charge in [0.2, 0.25) is 0 Å². The summed E-state index contributed by atoms with van der Waals surface area (Å²) in [7, 11) is 0. The summed E-state index contributed by atoms with van der Waals surface area (Å²) in [6.45, 7) is 5.98. The smallest absolute Gasteiger partial charge is 0.336 e. The molecule has 0 radical (unpaired) electrons. The van der Waals surface area contributed by atoms with E-state index in [-0.39, 0.29) is 0 Å². The highest BCUT2D eigenvalue weighted by molar-refractivity contribution is 5.63. The zero-order chi connectivity index (χ0) is 24.5. The minimum absolute atomic E-state index is 0.314. The number of benzene rings is 3. The molecule has 0 saturated carbocycles. The quantitative estimate of drug-likeness (QED) is 0.292. The molecule has 1 unspecified atom stereocenters. The Morgan fingerprint density at radius 2 is 1.69 bits per heavy atom. The lowest BCUT2D eigenvalue weighted by molar-refractivity contribution is 0.106. The van der Waals surface area contributed by atoms with Crippen molar-refractivity contribution in [3.05, 3.63) is 90.0 Å². The summed E-state index contributed by atoms with van der Waals surface area (Å²) in [6, 6.07) is 26.3. The highest BCUT2D eigenvalue weighted by Gasteiger charge is 2.16. The molecule has 7 nitrogen and oxygen atoms in total. The fourth-order valence-electron chi connectivity index (χ4n) is 3.78. The van der Waals surface area contributed by atoms with Gasteiger partial charge in [0.25, 0.3) is 0 Å². The standard InChI is InChI=1S/C28H32N4O3/c1-3-34-17-18-35-28-30-27(26-12-8-7-9-21(26)2)32(31-28)24-15-13-23(14-16-24)29-20-25(33)19-22-10-5-4-6-11-22/h4-16,25,29,33H,3,17-20H2,1-2H3. The SMILES string of the molecule is CCOCCOc1nc(-c2ccccc2C)n(-c2ccc(NCC(O)Cc3ccccc3)cc2)n1. The number of aromatic nitrogens is 3. The Morgan fingerprint density at radius 1 is 0.943 bits per heavy atom. The van der Waals surface area contributed by atoms with Crippen LogP contribution in [0.25, 0.3) is 17.1 Å². The second-order valence-electron chi connectivity index (χ2n) is 8.26. The Morgan fingerprint density at radius 3 is 2.43 bits per heavy atom. The first-order chi connectivity index (χ1) is 17.1. The van der Waals surface area contributed by atoms with Gasteiger partial charge in [0.05, 0.1) is 18.4 Å². The maximum atomic E-state index is 10.4. The van der Waals surface area contributed by atoms with Crippen LogP contribution < -0.4 is 10.1 Å². The maximum absolute atomic E-state index is 10.4. The first-order valence-electron chi connectivity index (χ1n) is 11.9. The molecule has 0 aliphatic rings. The van der Waals surface area contributed by atoms with Crippen molar-refractivity contribution in [1.82, 2.24) is 14.8 Å². The summed E-state index contributed by atoms with van der Waals surface area (Å²) in [5, 5.41) is 18.3. The van der Waals surface area contributed by atoms with Crippen molar-refractivity contribution in [1.29, 1.82) is 0 Å². The van der Waals surface area contributed by atoms with Crippen molar-refractivity contribution in [2.24, 2.45) is 0 Å². The lowest BCUT2D eigenvalue weighted by Crippen LogP contribution is -2.21. The molecule has 0 saturated heterocycles. The number of nitrogens with zero attached hydrogens (tertiary/aromatic N) is 3. The van der Waals surface area contributed by atoms with Gasteiger partial charge in [-0.2, -0.15) is 4.98 Å². The lowest BCUT2D eigenvalue weighted by atomic mass is 10.1. The Labute approximate surface area is 206 Å². The van der Waals surface area contributed by atoms with Crippen LogP contribution in [0.3, 0.4) is 0 Å². The third kappa shape index (κ3) is 6.68. The predicted molar refractivity (Wildman–Crippen MR) is 138 cm³/mol. The molecule has 7 heteroatoms. The number of nitrogens with one attached hydrogen (secondary N) is 1. The zero-order valence-electron chi connectivity index (χ0n) is 20.2. The highest BCUT2D eigenvalue weighted by Crippen LogP contribution is 2.27. The van der Waals surface area contributed by atoms with E-state index in [1.54, 1.807) is 4.68 Å². The van der Waals surface area contributed by atoms with E-state index in [2.05, 4.69) is 28.4 Å². The van der Waals surface area contributed by atoms with Crippen LogP contribution in [0.4, 0.5) is 5.69 Å². The number of ether oxygens (including phenoxy) is 2. The molecule has 0 amide bonds. The van der Waals surface area contributed by atoms with Crippen molar-refractivity contribution in [3.63, 3.8) is 0 Å². The first-order valence-corrected chi connectivity index (χ1v) is 11.9. The average Bonchev–Trinajstić information content (AvgIpc) is 3.30. The molecule has 4 rings (SSSR count). The Kier molecular flexibility index (Phi) is 8.48. The molecule has 2 N–H and O–H groups in total. The fourth-order valence-corrected chi connectivity index (χ4v) is 3.78. The number of aliphatic hydroxyl groups excluding tert-OH is 1.